The highest BCUT2D eigenvalue weighted by Crippen LogP contribution is 2.32. The van der Waals surface area contributed by atoms with Gasteiger partial charge in [-0.1, -0.05) is 0 Å². The summed E-state index contributed by atoms with van der Waals surface area (Å²) < 4.78 is 0. The van der Waals surface area contributed by atoms with Crippen LogP contribution in [-0.4, -0.2) is 30.6 Å². The molecule has 0 unspecified atom stereocenters. The third-order valence-corrected chi connectivity index (χ3v) is 2.92. The first-order valence-electron chi connectivity index (χ1n) is 5.01. The third kappa shape index (κ3) is 2.59. The van der Waals surface area contributed by atoms with Crippen molar-refractivity contribution in [2.24, 2.45) is 5.73 Å². The number of amides is 1. The fourth-order valence-corrected chi connectivity index (χ4v) is 1.66. The van der Waals surface area contributed by atoms with E-state index in [0.717, 1.165) is 38.8 Å². The molecular weight excluding hydrogens is 202 g/mol. The third-order valence-electron chi connectivity index (χ3n) is 2.92. The smallest absolute Gasteiger partial charge is 0.240 e. The van der Waals surface area contributed by atoms with Crippen LogP contribution in [0.25, 0.3) is 0 Å². The number of piperidine rings is 1. The van der Waals surface area contributed by atoms with Crippen molar-refractivity contribution >= 4 is 18.3 Å². The molecule has 0 radical (unpaired) electrons. The summed E-state index contributed by atoms with van der Waals surface area (Å²) in [7, 11) is 0. The van der Waals surface area contributed by atoms with Gasteiger partial charge in [-0.2, -0.15) is 0 Å². The quantitative estimate of drug-likeness (QED) is 0.601. The summed E-state index contributed by atoms with van der Waals surface area (Å²) in [6, 6.07) is 0.342. The summed E-state index contributed by atoms with van der Waals surface area (Å²) in [4.78, 5) is 11.5. The van der Waals surface area contributed by atoms with Gasteiger partial charge >= 0.3 is 0 Å². The van der Waals surface area contributed by atoms with Gasteiger partial charge in [0.1, 0.15) is 0 Å². The standard InChI is InChI=1S/C9H17N3O.ClH/c10-9(3-4-9)8(13)12-7-1-5-11-6-2-7;/h7,11H,1-6,10H2,(H,12,13);1H. The minimum atomic E-state index is -0.509. The van der Waals surface area contributed by atoms with E-state index >= 15 is 0 Å². The SMILES string of the molecule is Cl.NC1(C(=O)NC2CCNCC2)CC1. The van der Waals surface area contributed by atoms with E-state index in [4.69, 9.17) is 5.73 Å². The van der Waals surface area contributed by atoms with Gasteiger partial charge in [-0.3, -0.25) is 4.79 Å². The Hall–Kier alpha value is -0.320. The minimum absolute atomic E-state index is 0. The summed E-state index contributed by atoms with van der Waals surface area (Å²) >= 11 is 0. The van der Waals surface area contributed by atoms with E-state index in [2.05, 4.69) is 10.6 Å². The second-order valence-electron chi connectivity index (χ2n) is 4.15. The van der Waals surface area contributed by atoms with Gasteiger partial charge in [0.2, 0.25) is 5.91 Å². The first-order chi connectivity index (χ1) is 6.21. The van der Waals surface area contributed by atoms with Crippen molar-refractivity contribution in [1.29, 1.82) is 0 Å². The molecule has 0 aromatic heterocycles. The highest BCUT2D eigenvalue weighted by atomic mass is 35.5. The molecule has 1 heterocycles. The van der Waals surface area contributed by atoms with Crippen molar-refractivity contribution < 1.29 is 4.79 Å². The van der Waals surface area contributed by atoms with Crippen molar-refractivity contribution in [1.82, 2.24) is 10.6 Å². The van der Waals surface area contributed by atoms with Crippen LogP contribution in [0.1, 0.15) is 25.7 Å². The molecule has 1 saturated carbocycles. The van der Waals surface area contributed by atoms with Gasteiger partial charge in [-0.15, -0.1) is 12.4 Å². The first kappa shape index (κ1) is 11.8. The lowest BCUT2D eigenvalue weighted by Crippen LogP contribution is -2.50. The van der Waals surface area contributed by atoms with Crippen LogP contribution in [-0.2, 0) is 4.79 Å². The molecule has 4 N–H and O–H groups in total. The van der Waals surface area contributed by atoms with Gasteiger partial charge in [0.25, 0.3) is 0 Å². The van der Waals surface area contributed by atoms with Gasteiger partial charge in [0.05, 0.1) is 5.54 Å². The van der Waals surface area contributed by atoms with Crippen molar-refractivity contribution in [3.05, 3.63) is 0 Å². The second kappa shape index (κ2) is 4.47. The lowest BCUT2D eigenvalue weighted by molar-refractivity contribution is -0.124. The number of carbonyl (C=O) groups excluding carboxylic acids is 1. The number of hydrogen-bond acceptors (Lipinski definition) is 3. The van der Waals surface area contributed by atoms with Gasteiger partial charge < -0.3 is 16.4 Å². The Morgan fingerprint density at radius 3 is 2.43 bits per heavy atom. The Morgan fingerprint density at radius 1 is 1.36 bits per heavy atom. The van der Waals surface area contributed by atoms with Crippen molar-refractivity contribution in [2.75, 3.05) is 13.1 Å². The lowest BCUT2D eigenvalue weighted by Gasteiger charge is -2.25. The number of carbonyl (C=O) groups is 1. The Morgan fingerprint density at radius 2 is 1.93 bits per heavy atom. The number of rotatable bonds is 2. The molecule has 1 saturated heterocycles. The van der Waals surface area contributed by atoms with E-state index in [1.807, 2.05) is 0 Å². The largest absolute Gasteiger partial charge is 0.352 e. The van der Waals surface area contributed by atoms with Crippen LogP contribution in [0.5, 0.6) is 0 Å². The highest BCUT2D eigenvalue weighted by molar-refractivity contribution is 5.89. The second-order valence-corrected chi connectivity index (χ2v) is 4.15. The van der Waals surface area contributed by atoms with Gasteiger partial charge in [-0.05, 0) is 38.8 Å². The van der Waals surface area contributed by atoms with E-state index in [1.54, 1.807) is 0 Å². The maximum absolute atomic E-state index is 11.5. The molecule has 4 nitrogen and oxygen atoms in total. The predicted molar refractivity (Wildman–Crippen MR) is 57.4 cm³/mol. The van der Waals surface area contributed by atoms with E-state index < -0.39 is 5.54 Å². The zero-order valence-corrected chi connectivity index (χ0v) is 9.03. The maximum atomic E-state index is 11.5. The minimum Gasteiger partial charge on any atom is -0.352 e. The number of nitrogens with two attached hydrogens (primary N) is 1. The molecule has 1 amide bonds. The molecule has 1 aliphatic heterocycles. The van der Waals surface area contributed by atoms with E-state index in [0.29, 0.717) is 6.04 Å². The van der Waals surface area contributed by atoms with Gasteiger partial charge in [0.15, 0.2) is 0 Å². The molecule has 0 spiro atoms. The first-order valence-corrected chi connectivity index (χ1v) is 5.01. The van der Waals surface area contributed by atoms with Crippen LogP contribution in [0.2, 0.25) is 0 Å². The normalized spacial score (nSPS) is 24.9. The van der Waals surface area contributed by atoms with Crippen LogP contribution < -0.4 is 16.4 Å². The molecule has 0 aromatic rings. The van der Waals surface area contributed by atoms with E-state index in [1.165, 1.54) is 0 Å². The van der Waals surface area contributed by atoms with Gasteiger partial charge in [0, 0.05) is 6.04 Å². The maximum Gasteiger partial charge on any atom is 0.240 e. The topological polar surface area (TPSA) is 67.2 Å². The molecular formula is C9H18ClN3O. The molecule has 5 heteroatoms. The molecule has 0 atom stereocenters. The number of nitrogens with one attached hydrogen (secondary N) is 2. The molecule has 2 rings (SSSR count). The molecule has 2 fully saturated rings. The Balaban J connectivity index is 0.000000980. The molecule has 14 heavy (non-hydrogen) atoms. The monoisotopic (exact) mass is 219 g/mol. The number of halogens is 1. The average Bonchev–Trinajstić information content (AvgIpc) is 2.87. The van der Waals surface area contributed by atoms with Gasteiger partial charge in [-0.25, -0.2) is 0 Å². The molecule has 2 aliphatic rings. The molecule has 0 aromatic carbocycles. The molecule has 1 aliphatic carbocycles. The molecule has 82 valence electrons. The van der Waals surface area contributed by atoms with E-state index in [-0.39, 0.29) is 18.3 Å². The number of hydrogen-bond donors (Lipinski definition) is 3. The molecule has 0 bridgehead atoms. The summed E-state index contributed by atoms with van der Waals surface area (Å²) in [5.74, 6) is 0.0550. The van der Waals surface area contributed by atoms with E-state index in [9.17, 15) is 4.79 Å². The summed E-state index contributed by atoms with van der Waals surface area (Å²) in [5.41, 5.74) is 5.27. The fourth-order valence-electron chi connectivity index (χ4n) is 1.66. The fraction of sp³-hybridized carbons (Fsp3) is 0.889. The summed E-state index contributed by atoms with van der Waals surface area (Å²) in [6.45, 7) is 2.00. The highest BCUT2D eigenvalue weighted by Gasteiger charge is 2.46. The van der Waals surface area contributed by atoms with Crippen molar-refractivity contribution in [3.63, 3.8) is 0 Å². The summed E-state index contributed by atoms with van der Waals surface area (Å²) in [6.07, 6.45) is 3.76. The Labute approximate surface area is 90.4 Å². The van der Waals surface area contributed by atoms with Crippen LogP contribution in [0.15, 0.2) is 0 Å². The van der Waals surface area contributed by atoms with Crippen LogP contribution in [0, 0.1) is 0 Å². The van der Waals surface area contributed by atoms with Crippen molar-refractivity contribution in [2.45, 2.75) is 37.3 Å². The average molecular weight is 220 g/mol. The van der Waals surface area contributed by atoms with Crippen molar-refractivity contribution in [3.8, 4) is 0 Å². The predicted octanol–water partition coefficient (Wildman–Crippen LogP) is -0.232. The Bertz CT molecular complexity index is 212. The van der Waals surface area contributed by atoms with Crippen LogP contribution in [0.3, 0.4) is 0 Å². The zero-order chi connectivity index (χ0) is 9.31. The van der Waals surface area contributed by atoms with Crippen LogP contribution in [0.4, 0.5) is 0 Å². The Kier molecular flexibility index (Phi) is 3.75. The lowest BCUT2D eigenvalue weighted by atomic mass is 10.1. The zero-order valence-electron chi connectivity index (χ0n) is 8.21. The summed E-state index contributed by atoms with van der Waals surface area (Å²) in [5, 5.41) is 6.28. The van der Waals surface area contributed by atoms with Crippen LogP contribution >= 0.6 is 12.4 Å².